The van der Waals surface area contributed by atoms with Crippen molar-refractivity contribution in [1.82, 2.24) is 25.2 Å². The number of carbonyl (C=O) groups excluding carboxylic acids is 4. The van der Waals surface area contributed by atoms with Crippen LogP contribution in [-0.2, 0) is 29.1 Å². The van der Waals surface area contributed by atoms with Gasteiger partial charge in [0.25, 0.3) is 5.91 Å². The number of allylic oxidation sites excluding steroid dienone is 3. The third-order valence-corrected chi connectivity index (χ3v) is 13.7. The van der Waals surface area contributed by atoms with E-state index in [1.807, 2.05) is 55.5 Å². The van der Waals surface area contributed by atoms with Gasteiger partial charge >= 0.3 is 6.09 Å². The Morgan fingerprint density at radius 3 is 2.59 bits per heavy atom. The second kappa shape index (κ2) is 15.8. The molecule has 308 valence electrons. The van der Waals surface area contributed by atoms with Gasteiger partial charge in [-0.3, -0.25) is 19.1 Å². The van der Waals surface area contributed by atoms with Crippen molar-refractivity contribution in [2.75, 3.05) is 20.8 Å². The zero-order valence-electron chi connectivity index (χ0n) is 32.8. The maximum Gasteiger partial charge on any atom is 0.407 e. The predicted octanol–water partition coefficient (Wildman–Crippen LogP) is 4.19. The summed E-state index contributed by atoms with van der Waals surface area (Å²) < 4.78 is 51.5. The molecule has 1 aromatic carbocycles. The number of hydrogen-bond donors (Lipinski definition) is 3. The average molecular weight is 816 g/mol. The maximum atomic E-state index is 14.5. The lowest BCUT2D eigenvalue weighted by molar-refractivity contribution is -0.141. The minimum Gasteiger partial charge on any atom is -0.497 e. The molecule has 0 radical (unpaired) electrons. The SMILES string of the molecule is COC(=O)N[C@H]1CCCCC/C=C\[C@@H]2C[C@@]2(C(=O)NS(=O)(=O)C2CC2)NC(=O)[C@@H]2C[C@@H](Oc3cc(-c4ccc(OC)cc4)nc4c3OC3C=CC(C)=CC43)CN2C1=O. The van der Waals surface area contributed by atoms with E-state index in [2.05, 4.69) is 21.4 Å². The van der Waals surface area contributed by atoms with E-state index in [9.17, 15) is 27.6 Å². The van der Waals surface area contributed by atoms with Gasteiger partial charge in [0.1, 0.15) is 35.6 Å². The minimum absolute atomic E-state index is 0.0296. The van der Waals surface area contributed by atoms with Crippen molar-refractivity contribution in [3.05, 3.63) is 72.0 Å². The van der Waals surface area contributed by atoms with E-state index >= 15 is 0 Å². The summed E-state index contributed by atoms with van der Waals surface area (Å²) in [5.41, 5.74) is 1.70. The Hall–Kier alpha value is -5.38. The molecule has 2 unspecified atom stereocenters. The summed E-state index contributed by atoms with van der Waals surface area (Å²) in [7, 11) is -1.09. The smallest absolute Gasteiger partial charge is 0.407 e. The summed E-state index contributed by atoms with van der Waals surface area (Å²) in [5.74, 6) is -0.982. The van der Waals surface area contributed by atoms with E-state index in [-0.39, 0.29) is 31.4 Å². The van der Waals surface area contributed by atoms with E-state index < -0.39 is 68.7 Å². The van der Waals surface area contributed by atoms with Crippen molar-refractivity contribution in [2.45, 2.75) is 106 Å². The zero-order valence-corrected chi connectivity index (χ0v) is 33.6. The fraction of sp³-hybridized carbons (Fsp3) is 0.500. The number of amides is 4. The molecule has 58 heavy (non-hydrogen) atoms. The first-order valence-corrected chi connectivity index (χ1v) is 21.5. The molecule has 2 saturated carbocycles. The van der Waals surface area contributed by atoms with Crippen molar-refractivity contribution < 1.29 is 46.5 Å². The Morgan fingerprint density at radius 2 is 1.84 bits per heavy atom. The van der Waals surface area contributed by atoms with Crippen molar-refractivity contribution in [3.8, 4) is 28.5 Å². The molecule has 3 N–H and O–H groups in total. The number of alkyl carbamates (subject to hydrolysis) is 1. The van der Waals surface area contributed by atoms with E-state index in [0.717, 1.165) is 24.0 Å². The largest absolute Gasteiger partial charge is 0.497 e. The van der Waals surface area contributed by atoms with E-state index in [1.54, 1.807) is 13.2 Å². The number of benzene rings is 1. The van der Waals surface area contributed by atoms with E-state index in [4.69, 9.17) is 23.9 Å². The second-order valence-corrected chi connectivity index (χ2v) is 18.0. The van der Waals surface area contributed by atoms with Gasteiger partial charge in [-0.25, -0.2) is 18.2 Å². The Morgan fingerprint density at radius 1 is 1.05 bits per heavy atom. The molecule has 0 bridgehead atoms. The van der Waals surface area contributed by atoms with Crippen LogP contribution >= 0.6 is 0 Å². The van der Waals surface area contributed by atoms with Crippen LogP contribution in [0.5, 0.6) is 17.2 Å². The Bertz CT molecular complexity index is 2180. The van der Waals surface area contributed by atoms with Gasteiger partial charge in [-0.05, 0) is 75.8 Å². The number of pyridine rings is 1. The number of hydrogen-bond acceptors (Lipinski definition) is 11. The van der Waals surface area contributed by atoms with Crippen LogP contribution in [0.2, 0.25) is 0 Å². The van der Waals surface area contributed by atoms with Crippen molar-refractivity contribution in [1.29, 1.82) is 0 Å². The molecule has 1 aromatic heterocycles. The highest BCUT2D eigenvalue weighted by atomic mass is 32.2. The first kappa shape index (κ1) is 39.4. The molecule has 15 nitrogen and oxygen atoms in total. The predicted molar refractivity (Wildman–Crippen MR) is 211 cm³/mol. The third-order valence-electron chi connectivity index (χ3n) is 11.9. The van der Waals surface area contributed by atoms with Gasteiger partial charge in [0.2, 0.25) is 21.8 Å². The van der Waals surface area contributed by atoms with Gasteiger partial charge in [-0.15, -0.1) is 0 Å². The number of fused-ring (bicyclic) bond motifs is 5. The molecular formula is C42H49N5O10S. The average Bonchev–Trinajstić information content (AvgIpc) is 4.11. The topological polar surface area (TPSA) is 192 Å². The molecule has 16 heteroatoms. The summed E-state index contributed by atoms with van der Waals surface area (Å²) in [6.07, 6.45) is 12.4. The molecule has 7 atom stereocenters. The van der Waals surface area contributed by atoms with Gasteiger partial charge in [0.05, 0.1) is 43.3 Å². The lowest BCUT2D eigenvalue weighted by Gasteiger charge is -2.29. The van der Waals surface area contributed by atoms with Crippen LogP contribution in [-0.4, -0.2) is 98.0 Å². The van der Waals surface area contributed by atoms with Gasteiger partial charge in [0, 0.05) is 24.0 Å². The Kier molecular flexibility index (Phi) is 10.7. The van der Waals surface area contributed by atoms with Crippen LogP contribution in [0.3, 0.4) is 0 Å². The van der Waals surface area contributed by atoms with Crippen LogP contribution in [0.15, 0.2) is 66.3 Å². The number of rotatable bonds is 8. The van der Waals surface area contributed by atoms with E-state index in [1.165, 1.54) is 12.0 Å². The molecule has 1 saturated heterocycles. The van der Waals surface area contributed by atoms with Crippen molar-refractivity contribution in [2.24, 2.45) is 5.92 Å². The van der Waals surface area contributed by atoms with Crippen molar-refractivity contribution >= 4 is 33.8 Å². The Balaban J connectivity index is 1.13. The minimum atomic E-state index is -3.91. The zero-order chi connectivity index (χ0) is 40.8. The van der Waals surface area contributed by atoms with E-state index in [0.29, 0.717) is 60.7 Å². The number of methoxy groups -OCH3 is 2. The highest BCUT2D eigenvalue weighted by molar-refractivity contribution is 7.91. The first-order valence-electron chi connectivity index (χ1n) is 20.0. The van der Waals surface area contributed by atoms with Crippen molar-refractivity contribution in [3.63, 3.8) is 0 Å². The number of nitrogens with one attached hydrogen (secondary N) is 3. The molecule has 3 fully saturated rings. The molecular weight excluding hydrogens is 767 g/mol. The first-order chi connectivity index (χ1) is 27.9. The van der Waals surface area contributed by atoms with Crippen LogP contribution in [0.4, 0.5) is 4.79 Å². The molecule has 3 aliphatic heterocycles. The number of aromatic nitrogens is 1. The monoisotopic (exact) mass is 815 g/mol. The second-order valence-electron chi connectivity index (χ2n) is 16.0. The molecule has 6 aliphatic rings. The van der Waals surface area contributed by atoms with Gasteiger partial charge in [-0.2, -0.15) is 0 Å². The van der Waals surface area contributed by atoms with Crippen LogP contribution < -0.4 is 29.6 Å². The summed E-state index contributed by atoms with van der Waals surface area (Å²) in [6.45, 7) is 1.98. The number of nitrogens with zero attached hydrogens (tertiary/aromatic N) is 2. The van der Waals surface area contributed by atoms with Crippen LogP contribution in [0.25, 0.3) is 11.3 Å². The van der Waals surface area contributed by atoms with Gasteiger partial charge < -0.3 is 34.5 Å². The molecule has 3 aliphatic carbocycles. The summed E-state index contributed by atoms with van der Waals surface area (Å²) >= 11 is 0. The van der Waals surface area contributed by atoms with Crippen LogP contribution in [0.1, 0.15) is 76.3 Å². The molecule has 0 spiro atoms. The fourth-order valence-electron chi connectivity index (χ4n) is 8.38. The third kappa shape index (κ3) is 7.90. The number of carbonyl (C=O) groups is 4. The van der Waals surface area contributed by atoms with Crippen LogP contribution in [0, 0.1) is 5.92 Å². The summed E-state index contributed by atoms with van der Waals surface area (Å²) in [6, 6.07) is 7.15. The lowest BCUT2D eigenvalue weighted by atomic mass is 9.92. The fourth-order valence-corrected chi connectivity index (χ4v) is 9.75. The Labute approximate surface area is 337 Å². The highest BCUT2D eigenvalue weighted by Gasteiger charge is 2.62. The summed E-state index contributed by atoms with van der Waals surface area (Å²) in [4.78, 5) is 61.8. The maximum absolute atomic E-state index is 14.5. The molecule has 4 amide bonds. The normalized spacial score (nSPS) is 29.7. The molecule has 8 rings (SSSR count). The quantitative estimate of drug-likeness (QED) is 0.324. The molecule has 4 heterocycles. The van der Waals surface area contributed by atoms with Gasteiger partial charge in [0.15, 0.2) is 11.5 Å². The standard InChI is InChI=1S/C42H49N5O10S/c1-24-11-18-34-30(19-24)36-37(57-34)35(21-32(43-36)25-12-14-27(54-2)15-13-25)56-28-20-33-38(48)45-42(40(50)46-58(52,53)29-16-17-29)22-26(42)9-7-5-4-6-8-10-31(44-41(51)55-3)39(49)47(33)23-28/h7,9,11-15,18-19,21,26,28-31,33-34H,4-6,8,10,16-17,20,22-23H2,1-3H3,(H,44,51)(H,45,48)(H,46,50)/b9-7-/t26-,28-,30?,31+,33+,34?,42-/m1/s1. The van der Waals surface area contributed by atoms with Gasteiger partial charge in [-0.1, -0.05) is 42.7 Å². The lowest BCUT2D eigenvalue weighted by Crippen LogP contribution is -2.58. The molecule has 2 aromatic rings. The number of ether oxygens (including phenoxy) is 4. The number of sulfonamides is 1. The highest BCUT2D eigenvalue weighted by Crippen LogP contribution is 2.49. The summed E-state index contributed by atoms with van der Waals surface area (Å²) in [5, 5.41) is 4.93.